The first-order chi connectivity index (χ1) is 8.29. The van der Waals surface area contributed by atoms with Crippen molar-refractivity contribution in [2.45, 2.75) is 6.92 Å². The van der Waals surface area contributed by atoms with Crippen LogP contribution in [0.3, 0.4) is 0 Å². The number of aromatic nitrogens is 2. The zero-order valence-corrected chi connectivity index (χ0v) is 9.94. The van der Waals surface area contributed by atoms with E-state index in [1.807, 2.05) is 42.8 Å². The van der Waals surface area contributed by atoms with Crippen LogP contribution in [-0.4, -0.2) is 9.38 Å². The Morgan fingerprint density at radius 2 is 2.29 bits per heavy atom. The third kappa shape index (κ3) is 1.55. The highest BCUT2D eigenvalue weighted by Crippen LogP contribution is 2.33. The Bertz CT molecular complexity index is 685. The number of hydrogen-bond acceptors (Lipinski definition) is 4. The molecule has 0 atom stereocenters. The SMILES string of the molecule is Cc1ccn2c(N=O)c(-c3cccs3)nc2c1. The Kier molecular flexibility index (Phi) is 2.26. The van der Waals surface area contributed by atoms with E-state index < -0.39 is 0 Å². The van der Waals surface area contributed by atoms with Crippen molar-refractivity contribution in [3.8, 4) is 10.6 Å². The summed E-state index contributed by atoms with van der Waals surface area (Å²) in [7, 11) is 0. The molecule has 17 heavy (non-hydrogen) atoms. The minimum Gasteiger partial charge on any atom is -0.281 e. The van der Waals surface area contributed by atoms with Crippen molar-refractivity contribution in [3.05, 3.63) is 46.3 Å². The molecule has 3 aromatic rings. The zero-order valence-electron chi connectivity index (χ0n) is 9.12. The number of aryl methyl sites for hydroxylation is 1. The van der Waals surface area contributed by atoms with Gasteiger partial charge in [0.1, 0.15) is 11.3 Å². The Morgan fingerprint density at radius 3 is 3.00 bits per heavy atom. The maximum absolute atomic E-state index is 11.0. The van der Waals surface area contributed by atoms with E-state index in [9.17, 15) is 4.91 Å². The van der Waals surface area contributed by atoms with Crippen LogP contribution in [0, 0.1) is 11.8 Å². The second kappa shape index (κ2) is 3.78. The fourth-order valence-electron chi connectivity index (χ4n) is 1.80. The van der Waals surface area contributed by atoms with E-state index in [0.29, 0.717) is 11.5 Å². The fourth-order valence-corrected chi connectivity index (χ4v) is 2.51. The lowest BCUT2D eigenvalue weighted by molar-refractivity contribution is 1.15. The molecule has 0 saturated carbocycles. The minimum atomic E-state index is 0.363. The molecule has 0 fully saturated rings. The lowest BCUT2D eigenvalue weighted by Crippen LogP contribution is -1.83. The maximum atomic E-state index is 11.0. The summed E-state index contributed by atoms with van der Waals surface area (Å²) in [6.07, 6.45) is 1.82. The molecule has 0 amide bonds. The molecule has 0 aliphatic rings. The minimum absolute atomic E-state index is 0.363. The van der Waals surface area contributed by atoms with E-state index in [2.05, 4.69) is 10.2 Å². The van der Waals surface area contributed by atoms with Crippen LogP contribution in [0.2, 0.25) is 0 Å². The van der Waals surface area contributed by atoms with E-state index in [1.165, 1.54) is 0 Å². The van der Waals surface area contributed by atoms with E-state index in [1.54, 1.807) is 15.7 Å². The van der Waals surface area contributed by atoms with E-state index in [4.69, 9.17) is 0 Å². The van der Waals surface area contributed by atoms with Gasteiger partial charge in [-0.2, -0.15) is 0 Å². The van der Waals surface area contributed by atoms with Crippen LogP contribution in [0.5, 0.6) is 0 Å². The highest BCUT2D eigenvalue weighted by atomic mass is 32.1. The summed E-state index contributed by atoms with van der Waals surface area (Å²) in [6.45, 7) is 1.99. The second-order valence-corrected chi connectivity index (χ2v) is 4.73. The third-order valence-corrected chi connectivity index (χ3v) is 3.47. The van der Waals surface area contributed by atoms with Gasteiger partial charge in [-0.3, -0.25) is 4.40 Å². The van der Waals surface area contributed by atoms with Crippen LogP contribution >= 0.6 is 11.3 Å². The third-order valence-electron chi connectivity index (χ3n) is 2.60. The molecule has 5 heteroatoms. The van der Waals surface area contributed by atoms with E-state index >= 15 is 0 Å². The van der Waals surface area contributed by atoms with E-state index in [-0.39, 0.29) is 0 Å². The number of pyridine rings is 1. The topological polar surface area (TPSA) is 46.7 Å². The van der Waals surface area contributed by atoms with Gasteiger partial charge in [-0.1, -0.05) is 6.07 Å². The summed E-state index contributed by atoms with van der Waals surface area (Å²) >= 11 is 1.55. The highest BCUT2D eigenvalue weighted by molar-refractivity contribution is 7.13. The van der Waals surface area contributed by atoms with Crippen molar-refractivity contribution in [1.82, 2.24) is 9.38 Å². The number of imidazole rings is 1. The molecule has 3 heterocycles. The van der Waals surface area contributed by atoms with Gasteiger partial charge in [-0.25, -0.2) is 4.98 Å². The molecule has 0 aliphatic carbocycles. The molecule has 0 radical (unpaired) electrons. The summed E-state index contributed by atoms with van der Waals surface area (Å²) < 4.78 is 1.72. The molecule has 0 aliphatic heterocycles. The first-order valence-corrected chi connectivity index (χ1v) is 6.03. The molecule has 0 unspecified atom stereocenters. The molecular weight excluding hydrogens is 234 g/mol. The number of hydrogen-bond donors (Lipinski definition) is 0. The number of fused-ring (bicyclic) bond motifs is 1. The van der Waals surface area contributed by atoms with Crippen LogP contribution < -0.4 is 0 Å². The summed E-state index contributed by atoms with van der Waals surface area (Å²) in [5, 5.41) is 5.06. The average molecular weight is 243 g/mol. The number of rotatable bonds is 2. The molecule has 84 valence electrons. The van der Waals surface area contributed by atoms with Gasteiger partial charge in [-0.05, 0) is 41.2 Å². The van der Waals surface area contributed by atoms with Crippen molar-refractivity contribution < 1.29 is 0 Å². The lowest BCUT2D eigenvalue weighted by Gasteiger charge is -1.95. The van der Waals surface area contributed by atoms with Gasteiger partial charge >= 0.3 is 0 Å². The number of nitrogens with zero attached hydrogens (tertiary/aromatic N) is 3. The molecule has 0 N–H and O–H groups in total. The molecule has 0 saturated heterocycles. The molecular formula is C12H9N3OS. The Morgan fingerprint density at radius 1 is 1.41 bits per heavy atom. The normalized spacial score (nSPS) is 10.9. The number of nitroso groups, excluding NO2 is 1. The fraction of sp³-hybridized carbons (Fsp3) is 0.0833. The monoisotopic (exact) mass is 243 g/mol. The van der Waals surface area contributed by atoms with Crippen molar-refractivity contribution in [1.29, 1.82) is 0 Å². The maximum Gasteiger partial charge on any atom is 0.210 e. The zero-order chi connectivity index (χ0) is 11.8. The van der Waals surface area contributed by atoms with Gasteiger partial charge in [0, 0.05) is 6.20 Å². The van der Waals surface area contributed by atoms with Gasteiger partial charge in [0.15, 0.2) is 0 Å². The highest BCUT2D eigenvalue weighted by Gasteiger charge is 2.15. The summed E-state index contributed by atoms with van der Waals surface area (Å²) in [4.78, 5) is 16.4. The largest absolute Gasteiger partial charge is 0.281 e. The van der Waals surface area contributed by atoms with E-state index in [0.717, 1.165) is 16.1 Å². The number of thiophene rings is 1. The first-order valence-electron chi connectivity index (χ1n) is 5.15. The van der Waals surface area contributed by atoms with Crippen molar-refractivity contribution in [2.24, 2.45) is 5.18 Å². The van der Waals surface area contributed by atoms with Gasteiger partial charge in [0.2, 0.25) is 5.82 Å². The predicted molar refractivity (Wildman–Crippen MR) is 68.7 cm³/mol. The van der Waals surface area contributed by atoms with Crippen LogP contribution in [0.1, 0.15) is 5.56 Å². The lowest BCUT2D eigenvalue weighted by atomic mass is 10.3. The standard InChI is InChI=1S/C12H9N3OS/c1-8-4-5-15-10(7-8)13-11(12(15)14-16)9-3-2-6-17-9/h2-7H,1H3. The van der Waals surface area contributed by atoms with Gasteiger partial charge in [-0.15, -0.1) is 16.2 Å². The van der Waals surface area contributed by atoms with Gasteiger partial charge < -0.3 is 0 Å². The summed E-state index contributed by atoms with van der Waals surface area (Å²) in [5.74, 6) is 0.363. The van der Waals surface area contributed by atoms with Crippen molar-refractivity contribution in [3.63, 3.8) is 0 Å². The van der Waals surface area contributed by atoms with Crippen molar-refractivity contribution >= 4 is 22.8 Å². The summed E-state index contributed by atoms with van der Waals surface area (Å²) in [5.41, 5.74) is 2.52. The quantitative estimate of drug-likeness (QED) is 0.643. The Hall–Kier alpha value is -2.01. The molecule has 0 spiro atoms. The Balaban J connectivity index is 2.35. The second-order valence-electron chi connectivity index (χ2n) is 3.78. The molecule has 0 bridgehead atoms. The molecule has 0 aromatic carbocycles. The molecule has 3 rings (SSSR count). The molecule has 3 aromatic heterocycles. The van der Waals surface area contributed by atoms with Crippen LogP contribution in [0.25, 0.3) is 16.2 Å². The van der Waals surface area contributed by atoms with Gasteiger partial charge in [0.05, 0.1) is 4.88 Å². The van der Waals surface area contributed by atoms with Crippen LogP contribution in [0.15, 0.2) is 41.0 Å². The van der Waals surface area contributed by atoms with Crippen molar-refractivity contribution in [2.75, 3.05) is 0 Å². The summed E-state index contributed by atoms with van der Waals surface area (Å²) in [6, 6.07) is 7.74. The predicted octanol–water partition coefficient (Wildman–Crippen LogP) is 3.77. The smallest absolute Gasteiger partial charge is 0.210 e. The van der Waals surface area contributed by atoms with Crippen LogP contribution in [0.4, 0.5) is 5.82 Å². The average Bonchev–Trinajstić information content (AvgIpc) is 2.94. The molecule has 4 nitrogen and oxygen atoms in total. The Labute approximate surface area is 102 Å². The van der Waals surface area contributed by atoms with Crippen LogP contribution in [-0.2, 0) is 0 Å². The van der Waals surface area contributed by atoms with Gasteiger partial charge in [0.25, 0.3) is 0 Å². The first kappa shape index (κ1) is 10.2.